The van der Waals surface area contributed by atoms with Crippen LogP contribution < -0.4 is 0 Å². The van der Waals surface area contributed by atoms with Gasteiger partial charge in [0, 0.05) is 11.3 Å². The van der Waals surface area contributed by atoms with Gasteiger partial charge in [-0.1, -0.05) is 42.5 Å². The van der Waals surface area contributed by atoms with Crippen molar-refractivity contribution in [2.24, 2.45) is 0 Å². The first-order chi connectivity index (χ1) is 9.03. The van der Waals surface area contributed by atoms with Crippen LogP contribution in [0.15, 0.2) is 48.6 Å². The Labute approximate surface area is 110 Å². The van der Waals surface area contributed by atoms with Gasteiger partial charge in [-0.15, -0.1) is 0 Å². The van der Waals surface area contributed by atoms with Gasteiger partial charge in [0.2, 0.25) is 0 Å². The van der Waals surface area contributed by atoms with E-state index >= 15 is 0 Å². The molecule has 1 atom stereocenters. The molecular weight excluding hydrogens is 246 g/mol. The van der Waals surface area contributed by atoms with Crippen molar-refractivity contribution in [1.82, 2.24) is 0 Å². The van der Waals surface area contributed by atoms with Crippen LogP contribution in [0.25, 0.3) is 5.57 Å². The van der Waals surface area contributed by atoms with Gasteiger partial charge in [0.25, 0.3) is 5.54 Å². The average molecular weight is 259 g/mol. The fourth-order valence-electron chi connectivity index (χ4n) is 2.11. The minimum absolute atomic E-state index is 0.0903. The summed E-state index contributed by atoms with van der Waals surface area (Å²) in [5.41, 5.74) is 0.318. The lowest BCUT2D eigenvalue weighted by Gasteiger charge is -2.22. The lowest BCUT2D eigenvalue weighted by molar-refractivity contribution is -0.553. The lowest BCUT2D eigenvalue weighted by Crippen LogP contribution is -2.39. The molecule has 0 aromatic heterocycles. The molecule has 0 amide bonds. The SMILES string of the molecule is O=C(O)CC1([N+](=O)[O-])C=CC(c2ccccc2)=CC1. The van der Waals surface area contributed by atoms with E-state index in [9.17, 15) is 14.9 Å². The maximum Gasteiger partial charge on any atom is 0.311 e. The fraction of sp³-hybridized carbons (Fsp3) is 0.214. The largest absolute Gasteiger partial charge is 0.481 e. The summed E-state index contributed by atoms with van der Waals surface area (Å²) in [6.45, 7) is 0. The van der Waals surface area contributed by atoms with Crippen molar-refractivity contribution in [3.05, 3.63) is 64.2 Å². The van der Waals surface area contributed by atoms with E-state index in [2.05, 4.69) is 0 Å². The molecule has 98 valence electrons. The summed E-state index contributed by atoms with van der Waals surface area (Å²) < 4.78 is 0. The van der Waals surface area contributed by atoms with E-state index in [4.69, 9.17) is 5.11 Å². The van der Waals surface area contributed by atoms with Gasteiger partial charge in [0.05, 0.1) is 0 Å². The minimum atomic E-state index is -1.52. The van der Waals surface area contributed by atoms with Crippen LogP contribution in [0.4, 0.5) is 0 Å². The standard InChI is InChI=1S/C14H13NO4/c16-13(17)10-14(15(18)19)8-6-12(7-9-14)11-4-2-1-3-5-11/h1-8H,9-10H2,(H,16,17). The minimum Gasteiger partial charge on any atom is -0.481 e. The number of allylic oxidation sites excluding steroid dienone is 2. The van der Waals surface area contributed by atoms with Gasteiger partial charge < -0.3 is 5.11 Å². The van der Waals surface area contributed by atoms with Gasteiger partial charge in [0.15, 0.2) is 0 Å². The summed E-state index contributed by atoms with van der Waals surface area (Å²) >= 11 is 0. The Morgan fingerprint density at radius 2 is 2.05 bits per heavy atom. The molecule has 0 bridgehead atoms. The number of aliphatic carboxylic acids is 1. The lowest BCUT2D eigenvalue weighted by atomic mass is 9.85. The monoisotopic (exact) mass is 259 g/mol. The number of nitrogens with zero attached hydrogens (tertiary/aromatic N) is 1. The number of benzene rings is 1. The highest BCUT2D eigenvalue weighted by atomic mass is 16.6. The highest BCUT2D eigenvalue weighted by molar-refractivity contribution is 5.76. The summed E-state index contributed by atoms with van der Waals surface area (Å²) in [5, 5.41) is 19.9. The fourth-order valence-corrected chi connectivity index (χ4v) is 2.11. The van der Waals surface area contributed by atoms with Crippen LogP contribution in [0.1, 0.15) is 18.4 Å². The molecule has 1 aromatic carbocycles. The topological polar surface area (TPSA) is 80.4 Å². The summed E-state index contributed by atoms with van der Waals surface area (Å²) in [6, 6.07) is 9.48. The Morgan fingerprint density at radius 3 is 2.53 bits per heavy atom. The molecule has 0 heterocycles. The van der Waals surface area contributed by atoms with E-state index < -0.39 is 22.9 Å². The number of carboxylic acid groups (broad SMARTS) is 1. The molecule has 0 spiro atoms. The quantitative estimate of drug-likeness (QED) is 0.665. The first kappa shape index (κ1) is 13.0. The van der Waals surface area contributed by atoms with Gasteiger partial charge in [-0.25, -0.2) is 0 Å². The maximum absolute atomic E-state index is 11.1. The number of nitro groups is 1. The number of hydrogen-bond acceptors (Lipinski definition) is 3. The van der Waals surface area contributed by atoms with E-state index in [1.54, 1.807) is 12.2 Å². The molecule has 0 fully saturated rings. The molecule has 1 aliphatic rings. The van der Waals surface area contributed by atoms with Crippen molar-refractivity contribution in [2.75, 3.05) is 0 Å². The van der Waals surface area contributed by atoms with Gasteiger partial charge in [-0.3, -0.25) is 14.9 Å². The Bertz CT molecular complexity index is 562. The van der Waals surface area contributed by atoms with Crippen LogP contribution in [0.2, 0.25) is 0 Å². The maximum atomic E-state index is 11.1. The second-order valence-electron chi connectivity index (χ2n) is 4.49. The van der Waals surface area contributed by atoms with Crippen LogP contribution in [0.5, 0.6) is 0 Å². The third-order valence-electron chi connectivity index (χ3n) is 3.18. The summed E-state index contributed by atoms with van der Waals surface area (Å²) in [4.78, 5) is 21.4. The second-order valence-corrected chi connectivity index (χ2v) is 4.49. The number of rotatable bonds is 4. The highest BCUT2D eigenvalue weighted by Gasteiger charge is 2.43. The Hall–Kier alpha value is -2.43. The second kappa shape index (κ2) is 5.06. The van der Waals surface area contributed by atoms with Crippen LogP contribution in [-0.2, 0) is 4.79 Å². The molecule has 2 rings (SSSR count). The third-order valence-corrected chi connectivity index (χ3v) is 3.18. The smallest absolute Gasteiger partial charge is 0.311 e. The van der Waals surface area contributed by atoms with Crippen molar-refractivity contribution in [3.8, 4) is 0 Å². The molecule has 0 saturated heterocycles. The van der Waals surface area contributed by atoms with E-state index in [1.165, 1.54) is 6.08 Å². The molecule has 0 saturated carbocycles. The zero-order valence-electron chi connectivity index (χ0n) is 10.2. The Morgan fingerprint density at radius 1 is 1.37 bits per heavy atom. The molecule has 5 nitrogen and oxygen atoms in total. The highest BCUT2D eigenvalue weighted by Crippen LogP contribution is 2.31. The van der Waals surface area contributed by atoms with Crippen LogP contribution in [0, 0.1) is 10.1 Å². The molecule has 1 unspecified atom stereocenters. The van der Waals surface area contributed by atoms with E-state index in [0.29, 0.717) is 0 Å². The summed E-state index contributed by atoms with van der Waals surface area (Å²) in [7, 11) is 0. The summed E-state index contributed by atoms with van der Waals surface area (Å²) in [6.07, 6.45) is 4.33. The van der Waals surface area contributed by atoms with Crippen molar-refractivity contribution in [2.45, 2.75) is 18.4 Å². The Balaban J connectivity index is 2.25. The molecule has 5 heteroatoms. The molecule has 19 heavy (non-hydrogen) atoms. The molecule has 0 radical (unpaired) electrons. The molecular formula is C14H13NO4. The first-order valence-electron chi connectivity index (χ1n) is 5.85. The predicted octanol–water partition coefficient (Wildman–Crippen LogP) is 2.52. The van der Waals surface area contributed by atoms with Crippen LogP contribution in [0.3, 0.4) is 0 Å². The zero-order chi connectivity index (χ0) is 13.9. The average Bonchev–Trinajstić information content (AvgIpc) is 2.39. The molecule has 1 aromatic rings. The normalized spacial score (nSPS) is 21.8. The van der Waals surface area contributed by atoms with Gasteiger partial charge in [-0.2, -0.15) is 0 Å². The molecule has 0 aliphatic heterocycles. The van der Waals surface area contributed by atoms with E-state index in [-0.39, 0.29) is 6.42 Å². The van der Waals surface area contributed by atoms with E-state index in [1.807, 2.05) is 30.3 Å². The van der Waals surface area contributed by atoms with Gasteiger partial charge in [0.1, 0.15) is 6.42 Å². The van der Waals surface area contributed by atoms with Crippen molar-refractivity contribution in [3.63, 3.8) is 0 Å². The zero-order valence-corrected chi connectivity index (χ0v) is 10.2. The van der Waals surface area contributed by atoms with Crippen molar-refractivity contribution >= 4 is 11.5 Å². The van der Waals surface area contributed by atoms with Crippen LogP contribution >= 0.6 is 0 Å². The molecule has 1 N–H and O–H groups in total. The van der Waals surface area contributed by atoms with Crippen molar-refractivity contribution < 1.29 is 14.8 Å². The number of hydrogen-bond donors (Lipinski definition) is 1. The molecule has 1 aliphatic carbocycles. The number of carboxylic acids is 1. The van der Waals surface area contributed by atoms with Gasteiger partial charge >= 0.3 is 5.97 Å². The van der Waals surface area contributed by atoms with E-state index in [0.717, 1.165) is 11.1 Å². The first-order valence-corrected chi connectivity index (χ1v) is 5.85. The third kappa shape index (κ3) is 2.70. The summed E-state index contributed by atoms with van der Waals surface area (Å²) in [5.74, 6) is -1.17. The van der Waals surface area contributed by atoms with Gasteiger partial charge in [-0.05, 0) is 17.2 Å². The Kier molecular flexibility index (Phi) is 3.46. The predicted molar refractivity (Wildman–Crippen MR) is 70.2 cm³/mol. The van der Waals surface area contributed by atoms with Crippen molar-refractivity contribution in [1.29, 1.82) is 0 Å². The van der Waals surface area contributed by atoms with Crippen LogP contribution in [-0.4, -0.2) is 21.5 Å². The number of carbonyl (C=O) groups is 1.